The van der Waals surface area contributed by atoms with Crippen LogP contribution in [0.25, 0.3) is 0 Å². The molecule has 0 heterocycles. The van der Waals surface area contributed by atoms with E-state index in [4.69, 9.17) is 15.2 Å². The molecule has 1 aromatic carbocycles. The Kier molecular flexibility index (Phi) is 15.9. The molecule has 3 N–H and O–H groups in total. The zero-order valence-electron chi connectivity index (χ0n) is 19.3. The summed E-state index contributed by atoms with van der Waals surface area (Å²) in [7, 11) is 3.27. The van der Waals surface area contributed by atoms with E-state index in [1.807, 2.05) is 30.3 Å². The van der Waals surface area contributed by atoms with E-state index in [0.29, 0.717) is 12.2 Å². The molecule has 0 aliphatic rings. The molecule has 11 heteroatoms. The number of benzene rings is 1. The SMILES string of the molecule is CCOC(=O)OC(C)OC(=O)CNC(=O)[C@@H](CSSCC(N)CCSC)Cc1ccccc1. The maximum atomic E-state index is 12.8. The summed E-state index contributed by atoms with van der Waals surface area (Å²) in [6, 6.07) is 9.86. The van der Waals surface area contributed by atoms with Gasteiger partial charge in [-0.1, -0.05) is 51.9 Å². The molecule has 1 amide bonds. The number of carbonyl (C=O) groups excluding carboxylic acids is 3. The van der Waals surface area contributed by atoms with Crippen molar-refractivity contribution in [1.29, 1.82) is 0 Å². The molecule has 3 atom stereocenters. The van der Waals surface area contributed by atoms with Crippen molar-refractivity contribution in [3.8, 4) is 0 Å². The Morgan fingerprint density at radius 2 is 1.79 bits per heavy atom. The lowest BCUT2D eigenvalue weighted by Gasteiger charge is -2.18. The highest BCUT2D eigenvalue weighted by Gasteiger charge is 2.21. The van der Waals surface area contributed by atoms with Gasteiger partial charge in [0.2, 0.25) is 12.2 Å². The lowest BCUT2D eigenvalue weighted by molar-refractivity contribution is -0.167. The van der Waals surface area contributed by atoms with Gasteiger partial charge in [0, 0.05) is 24.5 Å². The summed E-state index contributed by atoms with van der Waals surface area (Å²) in [4.78, 5) is 36.1. The first kappa shape index (κ1) is 29.5. The lowest BCUT2D eigenvalue weighted by Crippen LogP contribution is -2.38. The van der Waals surface area contributed by atoms with Gasteiger partial charge in [-0.15, -0.1) is 0 Å². The fourth-order valence-corrected chi connectivity index (χ4v) is 5.69. The number of esters is 1. The number of carbonyl (C=O) groups is 3. The molecule has 1 aromatic rings. The van der Waals surface area contributed by atoms with Gasteiger partial charge in [0.05, 0.1) is 12.5 Å². The summed E-state index contributed by atoms with van der Waals surface area (Å²) in [6.45, 7) is 2.86. The third kappa shape index (κ3) is 14.3. The molecule has 2 unspecified atom stereocenters. The van der Waals surface area contributed by atoms with Crippen LogP contribution in [-0.4, -0.2) is 67.0 Å². The van der Waals surface area contributed by atoms with Crippen molar-refractivity contribution in [2.24, 2.45) is 11.7 Å². The van der Waals surface area contributed by atoms with Crippen LogP contribution in [0.1, 0.15) is 25.8 Å². The van der Waals surface area contributed by atoms with E-state index in [-0.39, 0.29) is 31.0 Å². The molecular weight excluding hydrogens is 484 g/mol. The van der Waals surface area contributed by atoms with Gasteiger partial charge in [-0.25, -0.2) is 4.79 Å². The van der Waals surface area contributed by atoms with Gasteiger partial charge in [0.15, 0.2) is 0 Å². The van der Waals surface area contributed by atoms with Gasteiger partial charge in [0.1, 0.15) is 6.54 Å². The van der Waals surface area contributed by atoms with Crippen molar-refractivity contribution in [2.45, 2.75) is 39.0 Å². The van der Waals surface area contributed by atoms with Crippen LogP contribution in [0.3, 0.4) is 0 Å². The quantitative estimate of drug-likeness (QED) is 0.146. The predicted molar refractivity (Wildman–Crippen MR) is 136 cm³/mol. The zero-order chi connectivity index (χ0) is 24.5. The van der Waals surface area contributed by atoms with Gasteiger partial charge >= 0.3 is 12.1 Å². The molecule has 0 bridgehead atoms. The second kappa shape index (κ2) is 17.9. The van der Waals surface area contributed by atoms with Crippen LogP contribution in [0.4, 0.5) is 4.79 Å². The van der Waals surface area contributed by atoms with Crippen molar-refractivity contribution in [3.63, 3.8) is 0 Å². The maximum Gasteiger partial charge on any atom is 0.511 e. The van der Waals surface area contributed by atoms with Crippen LogP contribution in [-0.2, 0) is 30.2 Å². The molecule has 33 heavy (non-hydrogen) atoms. The van der Waals surface area contributed by atoms with E-state index in [9.17, 15) is 14.4 Å². The minimum Gasteiger partial charge on any atom is -0.435 e. The number of hydrogen-bond donors (Lipinski definition) is 2. The van der Waals surface area contributed by atoms with Crippen molar-refractivity contribution in [3.05, 3.63) is 35.9 Å². The summed E-state index contributed by atoms with van der Waals surface area (Å²) in [5.41, 5.74) is 7.15. The first-order chi connectivity index (χ1) is 15.8. The molecule has 0 aliphatic heterocycles. The molecular formula is C22H34N2O6S3. The number of ether oxygens (including phenoxy) is 3. The highest BCUT2D eigenvalue weighted by Crippen LogP contribution is 2.26. The van der Waals surface area contributed by atoms with Crippen molar-refractivity contribution >= 4 is 51.4 Å². The largest absolute Gasteiger partial charge is 0.511 e. The number of nitrogens with one attached hydrogen (secondary N) is 1. The zero-order valence-corrected chi connectivity index (χ0v) is 21.8. The Bertz CT molecular complexity index is 711. The third-order valence-corrected chi connectivity index (χ3v) is 7.48. The van der Waals surface area contributed by atoms with E-state index in [1.165, 1.54) is 6.92 Å². The average molecular weight is 519 g/mol. The Labute approximate surface area is 208 Å². The summed E-state index contributed by atoms with van der Waals surface area (Å²) >= 11 is 1.78. The van der Waals surface area contributed by atoms with Gasteiger partial charge in [0.25, 0.3) is 0 Å². The molecule has 0 aromatic heterocycles. The van der Waals surface area contributed by atoms with Gasteiger partial charge < -0.3 is 25.3 Å². The second-order valence-electron chi connectivity index (χ2n) is 7.07. The van der Waals surface area contributed by atoms with Crippen LogP contribution in [0.15, 0.2) is 30.3 Å². The molecule has 8 nitrogen and oxygen atoms in total. The average Bonchev–Trinajstić information content (AvgIpc) is 2.78. The Hall–Kier alpha value is -1.56. The van der Waals surface area contributed by atoms with E-state index in [0.717, 1.165) is 23.5 Å². The Morgan fingerprint density at radius 3 is 2.45 bits per heavy atom. The fourth-order valence-electron chi connectivity index (χ4n) is 2.59. The molecule has 0 spiro atoms. The first-order valence-electron chi connectivity index (χ1n) is 10.7. The van der Waals surface area contributed by atoms with Crippen LogP contribution < -0.4 is 11.1 Å². The van der Waals surface area contributed by atoms with Gasteiger partial charge in [-0.05, 0) is 37.3 Å². The van der Waals surface area contributed by atoms with Crippen molar-refractivity contribution in [1.82, 2.24) is 5.32 Å². The summed E-state index contributed by atoms with van der Waals surface area (Å²) < 4.78 is 14.4. The van der Waals surface area contributed by atoms with Crippen molar-refractivity contribution < 1.29 is 28.6 Å². The topological polar surface area (TPSA) is 117 Å². The van der Waals surface area contributed by atoms with Crippen LogP contribution in [0, 0.1) is 5.92 Å². The van der Waals surface area contributed by atoms with Gasteiger partial charge in [-0.2, -0.15) is 11.8 Å². The van der Waals surface area contributed by atoms with E-state index < -0.39 is 18.4 Å². The van der Waals surface area contributed by atoms with Crippen LogP contribution in [0.2, 0.25) is 0 Å². The molecule has 0 fully saturated rings. The van der Waals surface area contributed by atoms with Gasteiger partial charge in [-0.3, -0.25) is 9.59 Å². The van der Waals surface area contributed by atoms with Crippen LogP contribution >= 0.6 is 33.3 Å². The number of nitrogens with two attached hydrogens (primary N) is 1. The maximum absolute atomic E-state index is 12.8. The number of amides is 1. The van der Waals surface area contributed by atoms with E-state index in [2.05, 4.69) is 16.3 Å². The standard InChI is InChI=1S/C22H34N2O6S3/c1-4-28-22(27)30-16(2)29-20(25)13-24-21(26)18(12-17-8-6-5-7-9-17)14-32-33-15-19(23)10-11-31-3/h5-9,16,18-19H,4,10-15,23H2,1-3H3,(H,24,26)/t16?,18-,19?/m1/s1. The number of rotatable bonds is 16. The molecule has 0 aliphatic carbocycles. The molecule has 0 saturated carbocycles. The molecule has 1 rings (SSSR count). The minimum atomic E-state index is -1.11. The normalized spacial score (nSPS) is 13.5. The highest BCUT2D eigenvalue weighted by atomic mass is 33.1. The fraction of sp³-hybridized carbons (Fsp3) is 0.591. The van der Waals surface area contributed by atoms with Crippen molar-refractivity contribution in [2.75, 3.05) is 36.7 Å². The minimum absolute atomic E-state index is 0.130. The summed E-state index contributed by atoms with van der Waals surface area (Å²) in [5, 5.41) is 2.63. The number of thioether (sulfide) groups is 1. The van der Waals surface area contributed by atoms with Crippen LogP contribution in [0.5, 0.6) is 0 Å². The Balaban J connectivity index is 2.52. The highest BCUT2D eigenvalue weighted by molar-refractivity contribution is 8.76. The lowest BCUT2D eigenvalue weighted by atomic mass is 10.0. The second-order valence-corrected chi connectivity index (χ2v) is 10.6. The monoisotopic (exact) mass is 518 g/mol. The Morgan fingerprint density at radius 1 is 1.09 bits per heavy atom. The van der Waals surface area contributed by atoms with E-state index in [1.54, 1.807) is 40.3 Å². The van der Waals surface area contributed by atoms with E-state index >= 15 is 0 Å². The molecule has 0 radical (unpaired) electrons. The predicted octanol–water partition coefficient (Wildman–Crippen LogP) is 3.49. The molecule has 0 saturated heterocycles. The first-order valence-corrected chi connectivity index (χ1v) is 14.6. The number of hydrogen-bond acceptors (Lipinski definition) is 10. The summed E-state index contributed by atoms with van der Waals surface area (Å²) in [5.74, 6) is 1.15. The smallest absolute Gasteiger partial charge is 0.435 e. The summed E-state index contributed by atoms with van der Waals surface area (Å²) in [6.07, 6.45) is 1.54. The molecule has 186 valence electrons. The third-order valence-electron chi connectivity index (χ3n) is 4.25.